The van der Waals surface area contributed by atoms with Crippen LogP contribution in [0.2, 0.25) is 0 Å². The average Bonchev–Trinajstić information content (AvgIpc) is 3.20. The van der Waals surface area contributed by atoms with E-state index in [0.29, 0.717) is 13.1 Å². The largest absolute Gasteiger partial charge is 0.368 e. The van der Waals surface area contributed by atoms with Crippen molar-refractivity contribution in [3.8, 4) is 0 Å². The van der Waals surface area contributed by atoms with E-state index in [9.17, 15) is 4.79 Å². The second-order valence-electron chi connectivity index (χ2n) is 6.71. The third-order valence-electron chi connectivity index (χ3n) is 4.56. The summed E-state index contributed by atoms with van der Waals surface area (Å²) in [6.45, 7) is 7.20. The normalized spacial score (nSPS) is 13.5. The molecule has 27 heavy (non-hydrogen) atoms. The number of aromatic nitrogens is 2. The highest BCUT2D eigenvalue weighted by Crippen LogP contribution is 2.20. The van der Waals surface area contributed by atoms with Gasteiger partial charge in [0.1, 0.15) is 17.5 Å². The van der Waals surface area contributed by atoms with Crippen LogP contribution in [0, 0.1) is 6.92 Å². The van der Waals surface area contributed by atoms with E-state index in [0.717, 1.165) is 42.7 Å². The summed E-state index contributed by atoms with van der Waals surface area (Å²) >= 11 is 0. The first kappa shape index (κ1) is 18.9. The van der Waals surface area contributed by atoms with E-state index >= 15 is 0 Å². The number of benzene rings is 1. The Morgan fingerprint density at radius 2 is 1.96 bits per heavy atom. The number of nitrogens with one attached hydrogen (secondary N) is 3. The number of nitrogens with zero attached hydrogens (tertiary/aromatic N) is 3. The third kappa shape index (κ3) is 5.57. The molecule has 1 saturated heterocycles. The topological polar surface area (TPSA) is 82.2 Å². The zero-order valence-electron chi connectivity index (χ0n) is 16.1. The van der Waals surface area contributed by atoms with Crippen molar-refractivity contribution in [3.63, 3.8) is 0 Å². The molecule has 0 unspecified atom stereocenters. The molecule has 2 aromatic rings. The van der Waals surface area contributed by atoms with Gasteiger partial charge in [-0.1, -0.05) is 19.1 Å². The number of aryl methyl sites for hydroxylation is 2. The van der Waals surface area contributed by atoms with Crippen LogP contribution in [0.15, 0.2) is 30.3 Å². The first-order valence-corrected chi connectivity index (χ1v) is 9.62. The van der Waals surface area contributed by atoms with E-state index in [2.05, 4.69) is 37.7 Å². The van der Waals surface area contributed by atoms with E-state index in [1.54, 1.807) is 0 Å². The highest BCUT2D eigenvalue weighted by molar-refractivity contribution is 5.89. The summed E-state index contributed by atoms with van der Waals surface area (Å²) in [6.07, 6.45) is 3.37. The second kappa shape index (κ2) is 9.21. The third-order valence-corrected chi connectivity index (χ3v) is 4.56. The molecule has 1 aromatic carbocycles. The average molecular weight is 368 g/mol. The fourth-order valence-electron chi connectivity index (χ4n) is 3.16. The van der Waals surface area contributed by atoms with Gasteiger partial charge in [-0.2, -0.15) is 0 Å². The van der Waals surface area contributed by atoms with Crippen molar-refractivity contribution < 1.29 is 4.79 Å². The van der Waals surface area contributed by atoms with Crippen molar-refractivity contribution in [1.82, 2.24) is 15.3 Å². The number of carbonyl (C=O) groups excluding carboxylic acids is 1. The van der Waals surface area contributed by atoms with E-state index in [1.165, 1.54) is 18.4 Å². The van der Waals surface area contributed by atoms with Gasteiger partial charge in [0, 0.05) is 37.9 Å². The summed E-state index contributed by atoms with van der Waals surface area (Å²) < 4.78 is 0. The lowest BCUT2D eigenvalue weighted by atomic mass is 10.1. The molecular weight excluding hydrogens is 340 g/mol. The SMILES string of the molecule is CCc1cccc(NC(=O)NCCNc2cc(N3CCCC3)nc(C)n2)c1. The molecule has 7 heteroatoms. The number of amides is 2. The molecule has 1 aliphatic rings. The van der Waals surface area contributed by atoms with Crippen LogP contribution >= 0.6 is 0 Å². The number of hydrogen-bond acceptors (Lipinski definition) is 5. The van der Waals surface area contributed by atoms with Crippen molar-refractivity contribution in [1.29, 1.82) is 0 Å². The van der Waals surface area contributed by atoms with Gasteiger partial charge in [-0.15, -0.1) is 0 Å². The van der Waals surface area contributed by atoms with Crippen LogP contribution < -0.4 is 20.9 Å². The monoisotopic (exact) mass is 368 g/mol. The van der Waals surface area contributed by atoms with Gasteiger partial charge in [-0.3, -0.25) is 0 Å². The lowest BCUT2D eigenvalue weighted by molar-refractivity contribution is 0.252. The summed E-state index contributed by atoms with van der Waals surface area (Å²) in [5.74, 6) is 2.52. The van der Waals surface area contributed by atoms with E-state index in [4.69, 9.17) is 0 Å². The Morgan fingerprint density at radius 1 is 1.15 bits per heavy atom. The van der Waals surface area contributed by atoms with Gasteiger partial charge in [0.25, 0.3) is 0 Å². The van der Waals surface area contributed by atoms with Crippen LogP contribution in [0.5, 0.6) is 0 Å². The van der Waals surface area contributed by atoms with Crippen molar-refractivity contribution in [2.45, 2.75) is 33.1 Å². The van der Waals surface area contributed by atoms with Gasteiger partial charge in [-0.05, 0) is 43.9 Å². The van der Waals surface area contributed by atoms with Crippen molar-refractivity contribution >= 4 is 23.4 Å². The van der Waals surface area contributed by atoms with Gasteiger partial charge in [0.2, 0.25) is 0 Å². The van der Waals surface area contributed by atoms with Crippen molar-refractivity contribution in [3.05, 3.63) is 41.7 Å². The molecule has 1 fully saturated rings. The van der Waals surface area contributed by atoms with Gasteiger partial charge >= 0.3 is 6.03 Å². The van der Waals surface area contributed by atoms with Gasteiger partial charge < -0.3 is 20.9 Å². The van der Waals surface area contributed by atoms with Crippen LogP contribution in [0.4, 0.5) is 22.1 Å². The van der Waals surface area contributed by atoms with Gasteiger partial charge in [-0.25, -0.2) is 14.8 Å². The van der Waals surface area contributed by atoms with Crippen molar-refractivity contribution in [2.24, 2.45) is 0 Å². The molecule has 0 spiro atoms. The van der Waals surface area contributed by atoms with Crippen LogP contribution in [0.25, 0.3) is 0 Å². The Labute approximate surface area is 160 Å². The maximum Gasteiger partial charge on any atom is 0.319 e. The van der Waals surface area contributed by atoms with E-state index in [-0.39, 0.29) is 6.03 Å². The van der Waals surface area contributed by atoms with Gasteiger partial charge in [0.15, 0.2) is 0 Å². The highest BCUT2D eigenvalue weighted by Gasteiger charge is 2.14. The Balaban J connectivity index is 1.45. The molecule has 144 valence electrons. The molecule has 1 aliphatic heterocycles. The molecule has 0 saturated carbocycles. The van der Waals surface area contributed by atoms with Crippen LogP contribution in [-0.4, -0.2) is 42.2 Å². The minimum atomic E-state index is -0.207. The molecule has 0 atom stereocenters. The van der Waals surface area contributed by atoms with Crippen molar-refractivity contribution in [2.75, 3.05) is 41.7 Å². The fourth-order valence-corrected chi connectivity index (χ4v) is 3.16. The fraction of sp³-hybridized carbons (Fsp3) is 0.450. The summed E-state index contributed by atoms with van der Waals surface area (Å²) in [7, 11) is 0. The number of rotatable bonds is 7. The number of carbonyl (C=O) groups is 1. The summed E-state index contributed by atoms with van der Waals surface area (Å²) in [6, 6.07) is 9.65. The first-order chi connectivity index (χ1) is 13.1. The minimum Gasteiger partial charge on any atom is -0.368 e. The number of anilines is 3. The molecule has 2 heterocycles. The standard InChI is InChI=1S/C20H28N6O/c1-3-16-7-6-8-17(13-16)25-20(27)22-10-9-21-18-14-19(24-15(2)23-18)26-11-4-5-12-26/h6-8,13-14H,3-5,9-12H2,1-2H3,(H,21,23,24)(H2,22,25,27). The molecule has 1 aromatic heterocycles. The molecule has 3 N–H and O–H groups in total. The summed E-state index contributed by atoms with van der Waals surface area (Å²) in [5, 5.41) is 8.98. The molecule has 7 nitrogen and oxygen atoms in total. The molecule has 0 bridgehead atoms. The lowest BCUT2D eigenvalue weighted by Gasteiger charge is -2.18. The van der Waals surface area contributed by atoms with Gasteiger partial charge in [0.05, 0.1) is 0 Å². The molecule has 0 aliphatic carbocycles. The zero-order chi connectivity index (χ0) is 19.1. The van der Waals surface area contributed by atoms with Crippen LogP contribution in [-0.2, 0) is 6.42 Å². The summed E-state index contributed by atoms with van der Waals surface area (Å²) in [4.78, 5) is 23.3. The van der Waals surface area contributed by atoms with Crippen LogP contribution in [0.3, 0.4) is 0 Å². The Kier molecular flexibility index (Phi) is 6.46. The summed E-state index contributed by atoms with van der Waals surface area (Å²) in [5.41, 5.74) is 2.00. The van der Waals surface area contributed by atoms with E-state index < -0.39 is 0 Å². The maximum atomic E-state index is 12.0. The lowest BCUT2D eigenvalue weighted by Crippen LogP contribution is -2.32. The number of hydrogen-bond donors (Lipinski definition) is 3. The predicted molar refractivity (Wildman–Crippen MR) is 110 cm³/mol. The maximum absolute atomic E-state index is 12.0. The molecule has 3 rings (SSSR count). The molecule has 0 radical (unpaired) electrons. The quantitative estimate of drug-likeness (QED) is 0.654. The zero-order valence-corrected chi connectivity index (χ0v) is 16.1. The Bertz CT molecular complexity index is 773. The Hall–Kier alpha value is -2.83. The second-order valence-corrected chi connectivity index (χ2v) is 6.71. The van der Waals surface area contributed by atoms with E-state index in [1.807, 2.05) is 37.3 Å². The molecular formula is C20H28N6O. The highest BCUT2D eigenvalue weighted by atomic mass is 16.2. The van der Waals surface area contributed by atoms with Crippen LogP contribution in [0.1, 0.15) is 31.2 Å². The molecule has 2 amide bonds. The Morgan fingerprint density at radius 3 is 2.74 bits per heavy atom. The predicted octanol–water partition coefficient (Wildman–Crippen LogP) is 3.18. The first-order valence-electron chi connectivity index (χ1n) is 9.62. The minimum absolute atomic E-state index is 0.207. The number of urea groups is 1. The smallest absolute Gasteiger partial charge is 0.319 e.